The van der Waals surface area contributed by atoms with Crippen LogP contribution in [-0.2, 0) is 0 Å². The van der Waals surface area contributed by atoms with Crippen LogP contribution < -0.4 is 0 Å². The molecule has 0 nitrogen and oxygen atoms in total. The zero-order valence-corrected chi connectivity index (χ0v) is 6.08. The summed E-state index contributed by atoms with van der Waals surface area (Å²) < 4.78 is 24.4. The van der Waals surface area contributed by atoms with Gasteiger partial charge in [0.1, 0.15) is 5.83 Å². The van der Waals surface area contributed by atoms with Crippen LogP contribution >= 0.6 is 15.9 Å². The molecule has 0 aromatic carbocycles. The summed E-state index contributed by atoms with van der Waals surface area (Å²) >= 11 is 3.05. The molecule has 0 aromatic rings. The number of halogens is 3. The van der Waals surface area contributed by atoms with Gasteiger partial charge in [-0.2, -0.15) is 0 Å². The minimum atomic E-state index is -0.766. The number of hydrogen-bond acceptors (Lipinski definition) is 0. The molecule has 0 aromatic heterocycles. The predicted octanol–water partition coefficient (Wildman–Crippen LogP) is 3.02. The van der Waals surface area contributed by atoms with E-state index >= 15 is 0 Å². The van der Waals surface area contributed by atoms with E-state index in [-0.39, 0.29) is 6.42 Å². The lowest BCUT2D eigenvalue weighted by molar-refractivity contribution is 0.530. The Kier molecular flexibility index (Phi) is 2.01. The molecule has 1 radical (unpaired) electrons. The van der Waals surface area contributed by atoms with Gasteiger partial charge in [-0.25, -0.2) is 8.78 Å². The molecule has 0 fully saturated rings. The van der Waals surface area contributed by atoms with Crippen molar-refractivity contribution < 1.29 is 8.78 Å². The largest absolute Gasteiger partial charge is 0.209 e. The van der Waals surface area contributed by atoms with Crippen molar-refractivity contribution in [1.82, 2.24) is 0 Å². The SMILES string of the molecule is FC1=C(F)C[C](Br)C=C1. The molecule has 0 saturated carbocycles. The Morgan fingerprint density at radius 3 is 2.44 bits per heavy atom. The Labute approximate surface area is 60.4 Å². The number of rotatable bonds is 0. The molecule has 9 heavy (non-hydrogen) atoms. The molecule has 0 saturated heterocycles. The van der Waals surface area contributed by atoms with Crippen molar-refractivity contribution in [2.75, 3.05) is 0 Å². The summed E-state index contributed by atoms with van der Waals surface area (Å²) in [4.78, 5) is 0.668. The molecule has 0 atom stereocenters. The summed E-state index contributed by atoms with van der Waals surface area (Å²) in [5, 5.41) is 0. The summed E-state index contributed by atoms with van der Waals surface area (Å²) in [5.74, 6) is -1.47. The standard InChI is InChI=1S/C6H4BrF2/c7-4-1-2-5(8)6(9)3-4/h1-2H,3H2. The second kappa shape index (κ2) is 2.60. The Morgan fingerprint density at radius 1 is 1.33 bits per heavy atom. The predicted molar refractivity (Wildman–Crippen MR) is 35.2 cm³/mol. The van der Waals surface area contributed by atoms with Gasteiger partial charge in [0.25, 0.3) is 0 Å². The topological polar surface area (TPSA) is 0 Å². The Balaban J connectivity index is 2.75. The van der Waals surface area contributed by atoms with Crippen LogP contribution in [0.2, 0.25) is 0 Å². The van der Waals surface area contributed by atoms with Crippen LogP contribution in [0.4, 0.5) is 8.78 Å². The van der Waals surface area contributed by atoms with E-state index in [1.165, 1.54) is 6.08 Å². The third kappa shape index (κ3) is 1.61. The Morgan fingerprint density at radius 2 is 2.00 bits per heavy atom. The van der Waals surface area contributed by atoms with Crippen molar-refractivity contribution in [3.8, 4) is 0 Å². The van der Waals surface area contributed by atoms with E-state index in [2.05, 4.69) is 15.9 Å². The zero-order valence-electron chi connectivity index (χ0n) is 4.50. The monoisotopic (exact) mass is 193 g/mol. The molecular weight excluding hydrogens is 190 g/mol. The molecule has 49 valence electrons. The minimum absolute atomic E-state index is 0.0440. The van der Waals surface area contributed by atoms with Gasteiger partial charge in [-0.3, -0.25) is 0 Å². The summed E-state index contributed by atoms with van der Waals surface area (Å²) in [6.45, 7) is 0. The molecule has 1 rings (SSSR count). The van der Waals surface area contributed by atoms with Gasteiger partial charge >= 0.3 is 0 Å². The third-order valence-electron chi connectivity index (χ3n) is 0.994. The molecule has 3 heteroatoms. The first-order chi connectivity index (χ1) is 4.20. The van der Waals surface area contributed by atoms with Crippen LogP contribution in [0.1, 0.15) is 6.42 Å². The fraction of sp³-hybridized carbons (Fsp3) is 0.167. The third-order valence-corrected chi connectivity index (χ3v) is 1.54. The van der Waals surface area contributed by atoms with Crippen LogP contribution in [0.5, 0.6) is 0 Å². The van der Waals surface area contributed by atoms with Crippen molar-refractivity contribution in [1.29, 1.82) is 0 Å². The average Bonchev–Trinajstić information content (AvgIpc) is 1.80. The highest BCUT2D eigenvalue weighted by molar-refractivity contribution is 9.11. The van der Waals surface area contributed by atoms with E-state index in [0.29, 0.717) is 4.83 Å². The van der Waals surface area contributed by atoms with Gasteiger partial charge in [0.2, 0.25) is 0 Å². The molecule has 0 amide bonds. The summed E-state index contributed by atoms with van der Waals surface area (Å²) in [6.07, 6.45) is 2.64. The lowest BCUT2D eigenvalue weighted by Crippen LogP contribution is -1.90. The van der Waals surface area contributed by atoms with Crippen LogP contribution in [0.3, 0.4) is 0 Å². The lowest BCUT2D eigenvalue weighted by atomic mass is 10.2. The van der Waals surface area contributed by atoms with Crippen LogP contribution in [0.15, 0.2) is 23.8 Å². The van der Waals surface area contributed by atoms with Crippen molar-refractivity contribution in [3.05, 3.63) is 28.6 Å². The number of allylic oxidation sites excluding steroid dienone is 4. The molecule has 0 spiro atoms. The van der Waals surface area contributed by atoms with E-state index in [0.717, 1.165) is 6.08 Å². The minimum Gasteiger partial charge on any atom is -0.209 e. The van der Waals surface area contributed by atoms with E-state index in [1.54, 1.807) is 0 Å². The van der Waals surface area contributed by atoms with Gasteiger partial charge in [-0.05, 0) is 6.08 Å². The fourth-order valence-corrected chi connectivity index (χ4v) is 0.924. The second-order valence-corrected chi connectivity index (χ2v) is 2.73. The summed E-state index contributed by atoms with van der Waals surface area (Å²) in [7, 11) is 0. The van der Waals surface area contributed by atoms with Crippen molar-refractivity contribution in [3.63, 3.8) is 0 Å². The molecule has 0 bridgehead atoms. The molecular formula is C6H4BrF2. The molecule has 0 heterocycles. The quantitative estimate of drug-likeness (QED) is 0.555. The lowest BCUT2D eigenvalue weighted by Gasteiger charge is -2.05. The first-order valence-electron chi connectivity index (χ1n) is 2.43. The average molecular weight is 194 g/mol. The van der Waals surface area contributed by atoms with Gasteiger partial charge in [0, 0.05) is 6.42 Å². The van der Waals surface area contributed by atoms with E-state index in [4.69, 9.17) is 0 Å². The van der Waals surface area contributed by atoms with Gasteiger partial charge in [0.05, 0.1) is 4.83 Å². The van der Waals surface area contributed by atoms with Crippen molar-refractivity contribution in [2.24, 2.45) is 0 Å². The zero-order chi connectivity index (χ0) is 6.85. The second-order valence-electron chi connectivity index (χ2n) is 1.71. The van der Waals surface area contributed by atoms with Gasteiger partial charge < -0.3 is 0 Å². The van der Waals surface area contributed by atoms with E-state index in [1.807, 2.05) is 0 Å². The Hall–Kier alpha value is -0.180. The Bertz CT molecular complexity index is 172. The highest BCUT2D eigenvalue weighted by Crippen LogP contribution is 2.30. The van der Waals surface area contributed by atoms with Crippen molar-refractivity contribution in [2.45, 2.75) is 6.42 Å². The van der Waals surface area contributed by atoms with E-state index < -0.39 is 11.7 Å². The first kappa shape index (κ1) is 6.93. The maximum atomic E-state index is 12.2. The maximum absolute atomic E-state index is 12.2. The maximum Gasteiger partial charge on any atom is 0.154 e. The first-order valence-corrected chi connectivity index (χ1v) is 3.23. The van der Waals surface area contributed by atoms with Gasteiger partial charge in [0.15, 0.2) is 5.83 Å². The molecule has 0 aliphatic heterocycles. The number of hydrogen-bond donors (Lipinski definition) is 0. The molecule has 1 aliphatic rings. The van der Waals surface area contributed by atoms with Gasteiger partial charge in [-0.15, -0.1) is 0 Å². The summed E-state index contributed by atoms with van der Waals surface area (Å²) in [5.41, 5.74) is 0. The fourth-order valence-electron chi connectivity index (χ4n) is 0.546. The normalized spacial score (nSPS) is 21.2. The highest BCUT2D eigenvalue weighted by Gasteiger charge is 2.13. The smallest absolute Gasteiger partial charge is 0.154 e. The van der Waals surface area contributed by atoms with Gasteiger partial charge in [-0.1, -0.05) is 22.0 Å². The summed E-state index contributed by atoms with van der Waals surface area (Å²) in [6, 6.07) is 0. The molecule has 0 N–H and O–H groups in total. The molecule has 1 aliphatic carbocycles. The highest BCUT2D eigenvalue weighted by atomic mass is 79.9. The molecule has 0 unspecified atom stereocenters. The van der Waals surface area contributed by atoms with E-state index in [9.17, 15) is 8.78 Å². The van der Waals surface area contributed by atoms with Crippen LogP contribution in [-0.4, -0.2) is 0 Å². The van der Waals surface area contributed by atoms with Crippen LogP contribution in [0, 0.1) is 4.83 Å². The van der Waals surface area contributed by atoms with Crippen molar-refractivity contribution >= 4 is 15.9 Å². The van der Waals surface area contributed by atoms with Crippen LogP contribution in [0.25, 0.3) is 0 Å².